The lowest BCUT2D eigenvalue weighted by Gasteiger charge is -2.11. The topological polar surface area (TPSA) is 58.6 Å². The van der Waals surface area contributed by atoms with Crippen molar-refractivity contribution in [2.24, 2.45) is 0 Å². The van der Waals surface area contributed by atoms with Crippen molar-refractivity contribution < 1.29 is 14.6 Å². The second kappa shape index (κ2) is 6.83. The number of hydrogen-bond donors (Lipinski definition) is 2. The summed E-state index contributed by atoms with van der Waals surface area (Å²) in [7, 11) is 1.32. The molecule has 0 fully saturated rings. The molecule has 0 spiro atoms. The number of carbonyl (C=O) groups is 1. The molecule has 6 heteroatoms. The molecule has 2 rings (SSSR count). The molecule has 110 valence electrons. The Morgan fingerprint density at radius 2 is 2.10 bits per heavy atom. The molecule has 0 heterocycles. The van der Waals surface area contributed by atoms with E-state index in [0.29, 0.717) is 28.4 Å². The van der Waals surface area contributed by atoms with Gasteiger partial charge in [0.2, 0.25) is 0 Å². The Morgan fingerprint density at radius 1 is 1.33 bits per heavy atom. The molecule has 2 N–H and O–H groups in total. The number of hydrogen-bond acceptors (Lipinski definition) is 4. The molecule has 4 nitrogen and oxygen atoms in total. The summed E-state index contributed by atoms with van der Waals surface area (Å²) in [5.41, 5.74) is 1.71. The average molecular weight is 371 g/mol. The summed E-state index contributed by atoms with van der Waals surface area (Å²) in [6.07, 6.45) is 0. The Hall–Kier alpha value is -1.72. The summed E-state index contributed by atoms with van der Waals surface area (Å²) in [5.74, 6) is -0.244. The highest BCUT2D eigenvalue weighted by Crippen LogP contribution is 2.26. The van der Waals surface area contributed by atoms with Crippen LogP contribution in [0, 0.1) is 0 Å². The van der Waals surface area contributed by atoms with Crippen LogP contribution in [0.2, 0.25) is 5.02 Å². The second-order valence-electron chi connectivity index (χ2n) is 4.31. The maximum atomic E-state index is 11.5. The largest absolute Gasteiger partial charge is 0.508 e. The van der Waals surface area contributed by atoms with E-state index in [9.17, 15) is 9.90 Å². The van der Waals surface area contributed by atoms with Gasteiger partial charge in [0, 0.05) is 16.6 Å². The van der Waals surface area contributed by atoms with Crippen molar-refractivity contribution in [3.8, 4) is 5.75 Å². The molecule has 0 amide bonds. The lowest BCUT2D eigenvalue weighted by molar-refractivity contribution is 0.0601. The van der Waals surface area contributed by atoms with Gasteiger partial charge in [-0.1, -0.05) is 27.5 Å². The summed E-state index contributed by atoms with van der Waals surface area (Å²) >= 11 is 9.45. The van der Waals surface area contributed by atoms with E-state index in [-0.39, 0.29) is 5.75 Å². The first-order chi connectivity index (χ1) is 10.0. The standard InChI is InChI=1S/C15H13BrClNO3/c1-21-15(20)9-2-4-12(17)13(7-9)18-8-10-6-11(16)3-5-14(10)19/h2-7,18-19H,8H2,1H3. The lowest BCUT2D eigenvalue weighted by Crippen LogP contribution is -2.04. The molecule has 0 aliphatic rings. The number of halogens is 2. The van der Waals surface area contributed by atoms with Gasteiger partial charge in [-0.3, -0.25) is 0 Å². The van der Waals surface area contributed by atoms with Crippen molar-refractivity contribution in [2.45, 2.75) is 6.54 Å². The average Bonchev–Trinajstić information content (AvgIpc) is 2.48. The molecule has 0 bridgehead atoms. The number of rotatable bonds is 4. The van der Waals surface area contributed by atoms with Crippen LogP contribution in [0.15, 0.2) is 40.9 Å². The molecule has 0 aliphatic heterocycles. The van der Waals surface area contributed by atoms with Crippen molar-refractivity contribution in [1.82, 2.24) is 0 Å². The van der Waals surface area contributed by atoms with Gasteiger partial charge in [-0.2, -0.15) is 0 Å². The van der Waals surface area contributed by atoms with Gasteiger partial charge in [0.05, 0.1) is 23.4 Å². The lowest BCUT2D eigenvalue weighted by atomic mass is 10.1. The van der Waals surface area contributed by atoms with Crippen molar-refractivity contribution in [2.75, 3.05) is 12.4 Å². The van der Waals surface area contributed by atoms with Crippen LogP contribution in [-0.4, -0.2) is 18.2 Å². The number of methoxy groups -OCH3 is 1. The third-order valence-electron chi connectivity index (χ3n) is 2.90. The number of ether oxygens (including phenoxy) is 1. The molecule has 0 saturated heterocycles. The van der Waals surface area contributed by atoms with Gasteiger partial charge in [-0.05, 0) is 36.4 Å². The van der Waals surface area contributed by atoms with Gasteiger partial charge >= 0.3 is 5.97 Å². The minimum absolute atomic E-state index is 0.186. The number of carbonyl (C=O) groups excluding carboxylic acids is 1. The molecular formula is C15H13BrClNO3. The Bertz CT molecular complexity index is 676. The number of anilines is 1. The predicted molar refractivity (Wildman–Crippen MR) is 85.9 cm³/mol. The third-order valence-corrected chi connectivity index (χ3v) is 3.72. The SMILES string of the molecule is COC(=O)c1ccc(Cl)c(NCc2cc(Br)ccc2O)c1. The summed E-state index contributed by atoms with van der Waals surface area (Å²) in [6.45, 7) is 0.371. The van der Waals surface area contributed by atoms with Gasteiger partial charge < -0.3 is 15.2 Å². The predicted octanol–water partition coefficient (Wildman–Crippen LogP) is 4.21. The van der Waals surface area contributed by atoms with Crippen LogP contribution in [0.4, 0.5) is 5.69 Å². The zero-order chi connectivity index (χ0) is 15.4. The zero-order valence-electron chi connectivity index (χ0n) is 11.2. The number of phenolic OH excluding ortho intramolecular Hbond substituents is 1. The Kier molecular flexibility index (Phi) is 5.09. The van der Waals surface area contributed by atoms with E-state index in [1.165, 1.54) is 7.11 Å². The Labute approximate surface area is 135 Å². The van der Waals surface area contributed by atoms with Gasteiger partial charge in [-0.15, -0.1) is 0 Å². The van der Waals surface area contributed by atoms with E-state index in [2.05, 4.69) is 26.0 Å². The highest BCUT2D eigenvalue weighted by atomic mass is 79.9. The summed E-state index contributed by atoms with van der Waals surface area (Å²) in [6, 6.07) is 9.99. The molecule has 0 aromatic heterocycles. The summed E-state index contributed by atoms with van der Waals surface area (Å²) in [5, 5.41) is 13.4. The number of aromatic hydroxyl groups is 1. The molecule has 0 atom stereocenters. The fourth-order valence-corrected chi connectivity index (χ4v) is 2.38. The fraction of sp³-hybridized carbons (Fsp3) is 0.133. The number of benzene rings is 2. The first-order valence-corrected chi connectivity index (χ1v) is 7.27. The van der Waals surface area contributed by atoms with E-state index >= 15 is 0 Å². The van der Waals surface area contributed by atoms with Gasteiger partial charge in [0.1, 0.15) is 5.75 Å². The van der Waals surface area contributed by atoms with Gasteiger partial charge in [0.15, 0.2) is 0 Å². The van der Waals surface area contributed by atoms with E-state index < -0.39 is 5.97 Å². The van der Waals surface area contributed by atoms with E-state index in [4.69, 9.17) is 11.6 Å². The first kappa shape index (κ1) is 15.7. The quantitative estimate of drug-likeness (QED) is 0.792. The molecule has 0 radical (unpaired) electrons. The molecule has 0 unspecified atom stereocenters. The normalized spacial score (nSPS) is 10.2. The highest BCUT2D eigenvalue weighted by molar-refractivity contribution is 9.10. The van der Waals surface area contributed by atoms with Gasteiger partial charge in [-0.25, -0.2) is 4.79 Å². The molecule has 2 aromatic rings. The third kappa shape index (κ3) is 3.89. The molecule has 0 aliphatic carbocycles. The van der Waals surface area contributed by atoms with Crippen LogP contribution >= 0.6 is 27.5 Å². The van der Waals surface area contributed by atoms with Crippen LogP contribution in [0.3, 0.4) is 0 Å². The van der Waals surface area contributed by atoms with E-state index in [1.807, 2.05) is 0 Å². The maximum Gasteiger partial charge on any atom is 0.337 e. The van der Waals surface area contributed by atoms with E-state index in [1.54, 1.807) is 36.4 Å². The number of nitrogens with one attached hydrogen (secondary N) is 1. The maximum absolute atomic E-state index is 11.5. The molecule has 21 heavy (non-hydrogen) atoms. The molecular weight excluding hydrogens is 358 g/mol. The van der Waals surface area contributed by atoms with Crippen LogP contribution in [0.5, 0.6) is 5.75 Å². The summed E-state index contributed by atoms with van der Waals surface area (Å²) < 4.78 is 5.54. The Morgan fingerprint density at radius 3 is 2.81 bits per heavy atom. The second-order valence-corrected chi connectivity index (χ2v) is 5.64. The van der Waals surface area contributed by atoms with Crippen molar-refractivity contribution >= 4 is 39.2 Å². The van der Waals surface area contributed by atoms with Crippen molar-refractivity contribution in [3.63, 3.8) is 0 Å². The summed E-state index contributed by atoms with van der Waals surface area (Å²) in [4.78, 5) is 11.5. The van der Waals surface area contributed by atoms with E-state index in [0.717, 1.165) is 4.47 Å². The zero-order valence-corrected chi connectivity index (χ0v) is 13.5. The molecule has 2 aromatic carbocycles. The monoisotopic (exact) mass is 369 g/mol. The molecule has 0 saturated carbocycles. The highest BCUT2D eigenvalue weighted by Gasteiger charge is 2.09. The van der Waals surface area contributed by atoms with Crippen LogP contribution in [0.1, 0.15) is 15.9 Å². The number of phenols is 1. The van der Waals surface area contributed by atoms with Crippen LogP contribution in [-0.2, 0) is 11.3 Å². The Balaban J connectivity index is 2.19. The van der Waals surface area contributed by atoms with Crippen LogP contribution < -0.4 is 5.32 Å². The first-order valence-electron chi connectivity index (χ1n) is 6.10. The minimum atomic E-state index is -0.431. The van der Waals surface area contributed by atoms with Gasteiger partial charge in [0.25, 0.3) is 0 Å². The number of esters is 1. The van der Waals surface area contributed by atoms with Crippen molar-refractivity contribution in [3.05, 3.63) is 57.0 Å². The minimum Gasteiger partial charge on any atom is -0.508 e. The van der Waals surface area contributed by atoms with Crippen molar-refractivity contribution in [1.29, 1.82) is 0 Å². The van der Waals surface area contributed by atoms with Crippen LogP contribution in [0.25, 0.3) is 0 Å². The smallest absolute Gasteiger partial charge is 0.337 e. The fourth-order valence-electron chi connectivity index (χ4n) is 1.79.